The van der Waals surface area contributed by atoms with Crippen LogP contribution in [0, 0.1) is 0 Å². The maximum absolute atomic E-state index is 4.73. The molecular formula is C16H24N4S. The van der Waals surface area contributed by atoms with Gasteiger partial charge in [0.15, 0.2) is 0 Å². The lowest BCUT2D eigenvalue weighted by molar-refractivity contribution is 0.301. The summed E-state index contributed by atoms with van der Waals surface area (Å²) in [5.41, 5.74) is 2.41. The van der Waals surface area contributed by atoms with Crippen LogP contribution in [0.25, 0.3) is 10.9 Å². The molecule has 1 aliphatic rings. The van der Waals surface area contributed by atoms with Crippen LogP contribution in [0.4, 0.5) is 0 Å². The minimum absolute atomic E-state index is 0.857. The summed E-state index contributed by atoms with van der Waals surface area (Å²) in [5.74, 6) is 2.57. The van der Waals surface area contributed by atoms with Gasteiger partial charge in [0.1, 0.15) is 0 Å². The molecule has 4 nitrogen and oxygen atoms in total. The molecule has 2 aromatic rings. The van der Waals surface area contributed by atoms with Gasteiger partial charge in [0, 0.05) is 56.2 Å². The average molecular weight is 304 g/mol. The van der Waals surface area contributed by atoms with Crippen molar-refractivity contribution < 1.29 is 0 Å². The fourth-order valence-corrected chi connectivity index (χ4v) is 3.82. The average Bonchev–Trinajstić information content (AvgIpc) is 2.91. The Labute approximate surface area is 130 Å². The molecule has 1 aliphatic heterocycles. The van der Waals surface area contributed by atoms with E-state index in [0.29, 0.717) is 0 Å². The maximum atomic E-state index is 4.73. The second-order valence-corrected chi connectivity index (χ2v) is 6.64. The van der Waals surface area contributed by atoms with Gasteiger partial charge in [0.25, 0.3) is 0 Å². The van der Waals surface area contributed by atoms with Gasteiger partial charge in [-0.05, 0) is 13.0 Å². The molecule has 0 radical (unpaired) electrons. The molecule has 21 heavy (non-hydrogen) atoms. The van der Waals surface area contributed by atoms with Gasteiger partial charge in [-0.25, -0.2) is 0 Å². The molecule has 114 valence electrons. The van der Waals surface area contributed by atoms with Gasteiger partial charge in [0.2, 0.25) is 0 Å². The Morgan fingerprint density at radius 1 is 1.24 bits per heavy atom. The van der Waals surface area contributed by atoms with Crippen molar-refractivity contribution in [2.24, 2.45) is 0 Å². The van der Waals surface area contributed by atoms with E-state index >= 15 is 0 Å². The molecule has 0 unspecified atom stereocenters. The number of fused-ring (bicyclic) bond motifs is 1. The first-order valence-corrected chi connectivity index (χ1v) is 8.99. The molecule has 2 heterocycles. The highest BCUT2D eigenvalue weighted by Gasteiger charge is 2.11. The fraction of sp³-hybridized carbons (Fsp3) is 0.562. The Morgan fingerprint density at radius 3 is 2.86 bits per heavy atom. The summed E-state index contributed by atoms with van der Waals surface area (Å²) in [5, 5.41) is 9.56. The Bertz CT molecular complexity index is 575. The quantitative estimate of drug-likeness (QED) is 0.830. The van der Waals surface area contributed by atoms with Crippen LogP contribution in [0.3, 0.4) is 0 Å². The summed E-state index contributed by atoms with van der Waals surface area (Å²) in [6.07, 6.45) is 0. The van der Waals surface area contributed by atoms with Crippen molar-refractivity contribution in [3.05, 3.63) is 30.0 Å². The number of hydrogen-bond acceptors (Lipinski definition) is 4. The molecule has 1 aromatic carbocycles. The maximum Gasteiger partial charge on any atom is 0.0841 e. The Hall–Kier alpha value is -1.04. The first-order valence-electron chi connectivity index (χ1n) is 7.83. The van der Waals surface area contributed by atoms with E-state index in [1.165, 1.54) is 41.2 Å². The SMILES string of the molecule is CCn1nc(CNCCN2CCSCC2)c2ccccc21. The minimum Gasteiger partial charge on any atom is -0.310 e. The number of rotatable bonds is 6. The van der Waals surface area contributed by atoms with E-state index in [2.05, 4.69) is 57.8 Å². The first kappa shape index (κ1) is 14.9. The third-order valence-corrected chi connectivity index (χ3v) is 4.98. The van der Waals surface area contributed by atoms with Crippen LogP contribution in [0.5, 0.6) is 0 Å². The van der Waals surface area contributed by atoms with E-state index in [4.69, 9.17) is 5.10 Å². The van der Waals surface area contributed by atoms with E-state index < -0.39 is 0 Å². The number of benzene rings is 1. The van der Waals surface area contributed by atoms with Crippen molar-refractivity contribution >= 4 is 22.7 Å². The van der Waals surface area contributed by atoms with Gasteiger partial charge < -0.3 is 10.2 Å². The minimum atomic E-state index is 0.857. The number of para-hydroxylation sites is 1. The molecular weight excluding hydrogens is 280 g/mol. The Morgan fingerprint density at radius 2 is 2.05 bits per heavy atom. The molecule has 0 aliphatic carbocycles. The summed E-state index contributed by atoms with van der Waals surface area (Å²) in [7, 11) is 0. The van der Waals surface area contributed by atoms with Crippen LogP contribution >= 0.6 is 11.8 Å². The van der Waals surface area contributed by atoms with Gasteiger partial charge in [-0.1, -0.05) is 18.2 Å². The van der Waals surface area contributed by atoms with E-state index in [-0.39, 0.29) is 0 Å². The summed E-state index contributed by atoms with van der Waals surface area (Å²) in [6, 6.07) is 8.51. The summed E-state index contributed by atoms with van der Waals surface area (Å²) >= 11 is 2.07. The van der Waals surface area contributed by atoms with Gasteiger partial charge >= 0.3 is 0 Å². The number of nitrogens with one attached hydrogen (secondary N) is 1. The van der Waals surface area contributed by atoms with Crippen LogP contribution in [-0.2, 0) is 13.1 Å². The van der Waals surface area contributed by atoms with Crippen molar-refractivity contribution in [1.29, 1.82) is 0 Å². The first-order chi connectivity index (χ1) is 10.4. The Kier molecular flexibility index (Phi) is 5.17. The molecule has 0 saturated carbocycles. The lowest BCUT2D eigenvalue weighted by Crippen LogP contribution is -2.37. The highest BCUT2D eigenvalue weighted by Crippen LogP contribution is 2.18. The second kappa shape index (κ2) is 7.29. The third-order valence-electron chi connectivity index (χ3n) is 4.03. The monoisotopic (exact) mass is 304 g/mol. The van der Waals surface area contributed by atoms with Crippen LogP contribution in [0.1, 0.15) is 12.6 Å². The van der Waals surface area contributed by atoms with E-state index in [1.807, 2.05) is 0 Å². The van der Waals surface area contributed by atoms with E-state index in [9.17, 15) is 0 Å². The number of nitrogens with zero attached hydrogens (tertiary/aromatic N) is 3. The number of aryl methyl sites for hydroxylation is 1. The lowest BCUT2D eigenvalue weighted by Gasteiger charge is -2.25. The van der Waals surface area contributed by atoms with Crippen LogP contribution in [0.15, 0.2) is 24.3 Å². The molecule has 3 rings (SSSR count). The van der Waals surface area contributed by atoms with Crippen molar-refractivity contribution in [2.75, 3.05) is 37.7 Å². The van der Waals surface area contributed by atoms with Gasteiger partial charge in [0.05, 0.1) is 11.2 Å². The molecule has 0 amide bonds. The summed E-state index contributed by atoms with van der Waals surface area (Å²) in [4.78, 5) is 2.55. The van der Waals surface area contributed by atoms with Crippen LogP contribution < -0.4 is 5.32 Å². The second-order valence-electron chi connectivity index (χ2n) is 5.41. The van der Waals surface area contributed by atoms with E-state index in [1.54, 1.807) is 0 Å². The highest BCUT2D eigenvalue weighted by atomic mass is 32.2. The summed E-state index contributed by atoms with van der Waals surface area (Å²) < 4.78 is 2.09. The zero-order valence-electron chi connectivity index (χ0n) is 12.7. The van der Waals surface area contributed by atoms with Crippen molar-refractivity contribution in [2.45, 2.75) is 20.0 Å². The predicted molar refractivity (Wildman–Crippen MR) is 90.9 cm³/mol. The molecule has 5 heteroatoms. The topological polar surface area (TPSA) is 33.1 Å². The molecule has 1 fully saturated rings. The van der Waals surface area contributed by atoms with Crippen LogP contribution in [0.2, 0.25) is 0 Å². The largest absolute Gasteiger partial charge is 0.310 e. The standard InChI is InChI=1S/C16H24N4S/c1-2-20-16-6-4-3-5-14(16)15(18-20)13-17-7-8-19-9-11-21-12-10-19/h3-6,17H,2,7-13H2,1H3. The number of aromatic nitrogens is 2. The number of hydrogen-bond donors (Lipinski definition) is 1. The third kappa shape index (κ3) is 3.59. The smallest absolute Gasteiger partial charge is 0.0841 e. The molecule has 0 atom stereocenters. The summed E-state index contributed by atoms with van der Waals surface area (Å²) in [6.45, 7) is 8.58. The predicted octanol–water partition coefficient (Wildman–Crippen LogP) is 2.19. The van der Waals surface area contributed by atoms with Crippen molar-refractivity contribution in [3.63, 3.8) is 0 Å². The fourth-order valence-electron chi connectivity index (χ4n) is 2.84. The lowest BCUT2D eigenvalue weighted by atomic mass is 10.2. The number of thioether (sulfide) groups is 1. The molecule has 1 aromatic heterocycles. The normalized spacial score (nSPS) is 16.6. The van der Waals surface area contributed by atoms with Crippen LogP contribution in [-0.4, -0.2) is 52.4 Å². The van der Waals surface area contributed by atoms with Gasteiger partial charge in [-0.2, -0.15) is 16.9 Å². The molecule has 0 spiro atoms. The highest BCUT2D eigenvalue weighted by molar-refractivity contribution is 7.99. The van der Waals surface area contributed by atoms with Gasteiger partial charge in [-0.15, -0.1) is 0 Å². The van der Waals surface area contributed by atoms with Crippen molar-refractivity contribution in [1.82, 2.24) is 20.0 Å². The van der Waals surface area contributed by atoms with Gasteiger partial charge in [-0.3, -0.25) is 4.68 Å². The van der Waals surface area contributed by atoms with E-state index in [0.717, 1.165) is 26.2 Å². The van der Waals surface area contributed by atoms with Crippen molar-refractivity contribution in [3.8, 4) is 0 Å². The molecule has 1 saturated heterocycles. The zero-order valence-corrected chi connectivity index (χ0v) is 13.5. The zero-order chi connectivity index (χ0) is 14.5. The molecule has 0 bridgehead atoms. The molecule has 1 N–H and O–H groups in total. The Balaban J connectivity index is 1.55.